The van der Waals surface area contributed by atoms with E-state index < -0.39 is 5.92 Å². The lowest BCUT2D eigenvalue weighted by Gasteiger charge is -2.37. The molecule has 0 aromatic rings. The van der Waals surface area contributed by atoms with Crippen LogP contribution in [-0.2, 0) is 4.79 Å². The van der Waals surface area contributed by atoms with Gasteiger partial charge in [-0.2, -0.15) is 0 Å². The summed E-state index contributed by atoms with van der Waals surface area (Å²) in [5, 5.41) is 3.27. The van der Waals surface area contributed by atoms with Crippen LogP contribution in [0.1, 0.15) is 12.8 Å². The summed E-state index contributed by atoms with van der Waals surface area (Å²) < 4.78 is 13.2. The van der Waals surface area contributed by atoms with Gasteiger partial charge in [0.15, 0.2) is 0 Å². The van der Waals surface area contributed by atoms with Crippen LogP contribution in [0.4, 0.5) is 4.39 Å². The molecule has 0 aromatic heterocycles. The Hall–Kier alpha value is -1.49. The van der Waals surface area contributed by atoms with E-state index in [-0.39, 0.29) is 23.8 Å². The summed E-state index contributed by atoms with van der Waals surface area (Å²) in [4.78, 5) is 18.4. The molecule has 3 atom stereocenters. The maximum absolute atomic E-state index is 13.2. The highest BCUT2D eigenvalue weighted by Crippen LogP contribution is 2.27. The van der Waals surface area contributed by atoms with Gasteiger partial charge in [-0.25, -0.2) is 4.39 Å². The van der Waals surface area contributed by atoms with E-state index in [9.17, 15) is 9.18 Å². The molecule has 1 fully saturated rings. The number of halogens is 1. The highest BCUT2D eigenvalue weighted by atomic mass is 19.1. The minimum absolute atomic E-state index is 0.0387. The Morgan fingerprint density at radius 1 is 1.50 bits per heavy atom. The normalized spacial score (nSPS) is 35.4. The molecule has 1 saturated heterocycles. The zero-order valence-electron chi connectivity index (χ0n) is 10.1. The molecule has 0 aromatic carbocycles. The van der Waals surface area contributed by atoms with Gasteiger partial charge in [-0.05, 0) is 31.5 Å². The van der Waals surface area contributed by atoms with Gasteiger partial charge >= 0.3 is 0 Å². The average molecular weight is 249 g/mol. The molecule has 0 saturated carbocycles. The number of nitrogens with one attached hydrogen (secondary N) is 1. The molecule has 2 heterocycles. The van der Waals surface area contributed by atoms with Gasteiger partial charge < -0.3 is 5.32 Å². The lowest BCUT2D eigenvalue weighted by Crippen LogP contribution is -2.53. The van der Waals surface area contributed by atoms with Crippen molar-refractivity contribution >= 4 is 12.2 Å². The highest BCUT2D eigenvalue weighted by Gasteiger charge is 2.37. The standard InChI is InChI=1S/C13H16FN3O/c14-9-3-4-12-11(6-9)13(18)17(8-16-12)10-2-1-5-15-7-10/h3-4,6,8,10-12,15H,1-2,5,7H2/t10-,11?,12?/m1/s1. The second-order valence-electron chi connectivity index (χ2n) is 4.94. The summed E-state index contributed by atoms with van der Waals surface area (Å²) in [7, 11) is 0. The third-order valence-electron chi connectivity index (χ3n) is 3.73. The first-order chi connectivity index (χ1) is 8.75. The number of hydrogen-bond donors (Lipinski definition) is 1. The van der Waals surface area contributed by atoms with E-state index >= 15 is 0 Å². The molecule has 5 heteroatoms. The third-order valence-corrected chi connectivity index (χ3v) is 3.73. The predicted octanol–water partition coefficient (Wildman–Crippen LogP) is 1.02. The SMILES string of the molecule is O=C1C2C=C(F)C=CC2N=CN1[C@@H]1CCCNC1. The van der Waals surface area contributed by atoms with Gasteiger partial charge in [-0.1, -0.05) is 6.08 Å². The minimum atomic E-state index is -0.470. The molecule has 1 amide bonds. The zero-order valence-corrected chi connectivity index (χ0v) is 10.1. The Balaban J connectivity index is 1.82. The fourth-order valence-corrected chi connectivity index (χ4v) is 2.72. The monoisotopic (exact) mass is 249 g/mol. The summed E-state index contributed by atoms with van der Waals surface area (Å²) in [5.74, 6) is -0.853. The largest absolute Gasteiger partial charge is 0.315 e. The average Bonchev–Trinajstić information content (AvgIpc) is 2.41. The van der Waals surface area contributed by atoms with Crippen LogP contribution in [0, 0.1) is 5.92 Å². The van der Waals surface area contributed by atoms with Gasteiger partial charge in [-0.15, -0.1) is 0 Å². The number of nitrogens with zero attached hydrogens (tertiary/aromatic N) is 2. The Labute approximate surface area is 105 Å². The molecular formula is C13H16FN3O. The van der Waals surface area contributed by atoms with Crippen molar-refractivity contribution in [3.05, 3.63) is 24.1 Å². The summed E-state index contributed by atoms with van der Waals surface area (Å²) in [5.41, 5.74) is 0. The van der Waals surface area contributed by atoms with Crippen LogP contribution in [0.25, 0.3) is 0 Å². The summed E-state index contributed by atoms with van der Waals surface area (Å²) >= 11 is 0. The maximum atomic E-state index is 13.2. The van der Waals surface area contributed by atoms with E-state index in [1.54, 1.807) is 17.3 Å². The molecule has 0 bridgehead atoms. The molecule has 2 aliphatic heterocycles. The van der Waals surface area contributed by atoms with E-state index in [1.807, 2.05) is 0 Å². The summed E-state index contributed by atoms with van der Waals surface area (Å²) in [6, 6.07) is -0.0804. The number of hydrogen-bond acceptors (Lipinski definition) is 3. The number of amides is 1. The molecule has 1 N–H and O–H groups in total. The van der Waals surface area contributed by atoms with E-state index in [2.05, 4.69) is 10.3 Å². The van der Waals surface area contributed by atoms with Gasteiger partial charge in [0.1, 0.15) is 5.83 Å². The summed E-state index contributed by atoms with van der Waals surface area (Å²) in [6.45, 7) is 1.79. The minimum Gasteiger partial charge on any atom is -0.315 e. The van der Waals surface area contributed by atoms with Gasteiger partial charge in [0.25, 0.3) is 0 Å². The van der Waals surface area contributed by atoms with Crippen LogP contribution in [0.5, 0.6) is 0 Å². The third kappa shape index (κ3) is 1.99. The number of allylic oxidation sites excluding steroid dienone is 2. The maximum Gasteiger partial charge on any atom is 0.237 e. The lowest BCUT2D eigenvalue weighted by atomic mass is 9.91. The number of piperidine rings is 1. The molecule has 1 aliphatic carbocycles. The van der Waals surface area contributed by atoms with Crippen molar-refractivity contribution in [2.75, 3.05) is 13.1 Å². The molecule has 4 nitrogen and oxygen atoms in total. The summed E-state index contributed by atoms with van der Waals surface area (Å²) in [6.07, 6.45) is 8.08. The molecule has 18 heavy (non-hydrogen) atoms. The quantitative estimate of drug-likeness (QED) is 0.754. The van der Waals surface area contributed by atoms with Gasteiger partial charge in [0, 0.05) is 6.54 Å². The number of carbonyl (C=O) groups excluding carboxylic acids is 1. The van der Waals surface area contributed by atoms with E-state index in [0.29, 0.717) is 0 Å². The van der Waals surface area contributed by atoms with Crippen molar-refractivity contribution in [1.82, 2.24) is 10.2 Å². The van der Waals surface area contributed by atoms with Crippen LogP contribution in [-0.4, -0.2) is 42.3 Å². The van der Waals surface area contributed by atoms with Crippen molar-refractivity contribution in [1.29, 1.82) is 0 Å². The smallest absolute Gasteiger partial charge is 0.237 e. The second kappa shape index (κ2) is 4.65. The Morgan fingerprint density at radius 2 is 2.39 bits per heavy atom. The van der Waals surface area contributed by atoms with Gasteiger partial charge in [0.05, 0.1) is 24.3 Å². The molecule has 0 spiro atoms. The number of aliphatic imine (C=N–C) groups is 1. The van der Waals surface area contributed by atoms with E-state index in [0.717, 1.165) is 25.9 Å². The Kier molecular flexibility index (Phi) is 2.99. The molecule has 2 unspecified atom stereocenters. The number of carbonyl (C=O) groups is 1. The molecule has 3 rings (SSSR count). The van der Waals surface area contributed by atoms with Crippen LogP contribution < -0.4 is 5.32 Å². The Bertz CT molecular complexity index is 438. The molecule has 3 aliphatic rings. The first-order valence-electron chi connectivity index (χ1n) is 6.37. The van der Waals surface area contributed by atoms with Crippen molar-refractivity contribution < 1.29 is 9.18 Å². The molecule has 96 valence electrons. The van der Waals surface area contributed by atoms with Gasteiger partial charge in [0.2, 0.25) is 5.91 Å². The van der Waals surface area contributed by atoms with Crippen molar-refractivity contribution in [3.8, 4) is 0 Å². The number of fused-ring (bicyclic) bond motifs is 1. The zero-order chi connectivity index (χ0) is 12.5. The second-order valence-corrected chi connectivity index (χ2v) is 4.94. The van der Waals surface area contributed by atoms with Crippen LogP contribution in [0.3, 0.4) is 0 Å². The van der Waals surface area contributed by atoms with Crippen LogP contribution in [0.15, 0.2) is 29.0 Å². The van der Waals surface area contributed by atoms with E-state index in [4.69, 9.17) is 0 Å². The molecular weight excluding hydrogens is 233 g/mol. The van der Waals surface area contributed by atoms with Crippen molar-refractivity contribution in [3.63, 3.8) is 0 Å². The van der Waals surface area contributed by atoms with Gasteiger partial charge in [-0.3, -0.25) is 14.7 Å². The fourth-order valence-electron chi connectivity index (χ4n) is 2.72. The topological polar surface area (TPSA) is 44.7 Å². The van der Waals surface area contributed by atoms with Crippen LogP contribution in [0.2, 0.25) is 0 Å². The number of rotatable bonds is 1. The fraction of sp³-hybridized carbons (Fsp3) is 0.538. The lowest BCUT2D eigenvalue weighted by molar-refractivity contribution is -0.132. The first-order valence-corrected chi connectivity index (χ1v) is 6.37. The van der Waals surface area contributed by atoms with E-state index in [1.165, 1.54) is 12.2 Å². The van der Waals surface area contributed by atoms with Crippen LogP contribution >= 0.6 is 0 Å². The van der Waals surface area contributed by atoms with Crippen molar-refractivity contribution in [2.24, 2.45) is 10.9 Å². The highest BCUT2D eigenvalue weighted by molar-refractivity contribution is 5.94. The Morgan fingerprint density at radius 3 is 3.17 bits per heavy atom. The van der Waals surface area contributed by atoms with Crippen molar-refractivity contribution in [2.45, 2.75) is 24.9 Å². The predicted molar refractivity (Wildman–Crippen MR) is 66.8 cm³/mol. The molecule has 0 radical (unpaired) electrons. The first kappa shape index (κ1) is 11.6.